The first-order valence-electron chi connectivity index (χ1n) is 5.51. The van der Waals surface area contributed by atoms with Gasteiger partial charge in [-0.15, -0.1) is 0 Å². The molecule has 0 saturated heterocycles. The largest absolute Gasteiger partial charge is 0.299 e. The van der Waals surface area contributed by atoms with Crippen LogP contribution in [0.1, 0.15) is 46.0 Å². The van der Waals surface area contributed by atoms with Gasteiger partial charge in [-0.25, -0.2) is 0 Å². The Hall–Kier alpha value is -0.850. The van der Waals surface area contributed by atoms with E-state index in [1.54, 1.807) is 0 Å². The third-order valence-electron chi connectivity index (χ3n) is 2.67. The van der Waals surface area contributed by atoms with E-state index in [9.17, 15) is 4.79 Å². The fourth-order valence-corrected chi connectivity index (χ4v) is 1.79. The Morgan fingerprint density at radius 3 is 2.79 bits per heavy atom. The van der Waals surface area contributed by atoms with E-state index in [2.05, 4.69) is 32.1 Å². The first-order chi connectivity index (χ1) is 6.70. The molecule has 1 aliphatic rings. The van der Waals surface area contributed by atoms with Gasteiger partial charge in [-0.3, -0.25) is 4.79 Å². The highest BCUT2D eigenvalue weighted by Crippen LogP contribution is 2.20. The van der Waals surface area contributed by atoms with Crippen LogP contribution < -0.4 is 0 Å². The van der Waals surface area contributed by atoms with E-state index >= 15 is 0 Å². The van der Waals surface area contributed by atoms with E-state index in [1.165, 1.54) is 5.57 Å². The van der Waals surface area contributed by atoms with Gasteiger partial charge in [0, 0.05) is 12.3 Å². The second-order valence-electron chi connectivity index (χ2n) is 4.27. The van der Waals surface area contributed by atoms with Crippen LogP contribution in [0.15, 0.2) is 23.8 Å². The zero-order valence-electron chi connectivity index (χ0n) is 9.25. The highest BCUT2D eigenvalue weighted by atomic mass is 16.1. The molecule has 0 aromatic carbocycles. The van der Waals surface area contributed by atoms with Gasteiger partial charge in [-0.05, 0) is 39.5 Å². The fourth-order valence-electron chi connectivity index (χ4n) is 1.79. The SMILES string of the molecule is CC(C)=CCCC(=O)C1CC=CCC1. The molecule has 1 atom stereocenters. The van der Waals surface area contributed by atoms with Crippen molar-refractivity contribution >= 4 is 5.78 Å². The molecule has 0 heterocycles. The molecule has 0 bridgehead atoms. The number of carbonyl (C=O) groups excluding carboxylic acids is 1. The van der Waals surface area contributed by atoms with Gasteiger partial charge in [0.05, 0.1) is 0 Å². The number of hydrogen-bond acceptors (Lipinski definition) is 1. The molecule has 1 unspecified atom stereocenters. The molecule has 0 saturated carbocycles. The minimum absolute atomic E-state index is 0.311. The van der Waals surface area contributed by atoms with Crippen molar-refractivity contribution in [1.82, 2.24) is 0 Å². The molecule has 1 aliphatic carbocycles. The second-order valence-corrected chi connectivity index (χ2v) is 4.27. The normalized spacial score (nSPS) is 20.6. The predicted molar refractivity (Wildman–Crippen MR) is 60.2 cm³/mol. The zero-order chi connectivity index (χ0) is 10.4. The number of carbonyl (C=O) groups is 1. The van der Waals surface area contributed by atoms with Crippen molar-refractivity contribution in [3.05, 3.63) is 23.8 Å². The van der Waals surface area contributed by atoms with Gasteiger partial charge in [-0.2, -0.15) is 0 Å². The summed E-state index contributed by atoms with van der Waals surface area (Å²) in [6, 6.07) is 0. The maximum atomic E-state index is 11.7. The van der Waals surface area contributed by atoms with Crippen LogP contribution in [0, 0.1) is 5.92 Å². The summed E-state index contributed by atoms with van der Waals surface area (Å²) in [7, 11) is 0. The van der Waals surface area contributed by atoms with Crippen molar-refractivity contribution < 1.29 is 4.79 Å². The van der Waals surface area contributed by atoms with Crippen molar-refractivity contribution in [3.8, 4) is 0 Å². The van der Waals surface area contributed by atoms with Crippen molar-refractivity contribution in [1.29, 1.82) is 0 Å². The van der Waals surface area contributed by atoms with Crippen LogP contribution in [-0.4, -0.2) is 5.78 Å². The first-order valence-corrected chi connectivity index (χ1v) is 5.51. The molecule has 0 fully saturated rings. The lowest BCUT2D eigenvalue weighted by molar-refractivity contribution is -0.123. The highest BCUT2D eigenvalue weighted by molar-refractivity contribution is 5.81. The van der Waals surface area contributed by atoms with E-state index in [0.29, 0.717) is 11.7 Å². The maximum Gasteiger partial charge on any atom is 0.136 e. The predicted octanol–water partition coefficient (Wildman–Crippen LogP) is 3.66. The number of rotatable bonds is 4. The molecule has 1 heteroatoms. The van der Waals surface area contributed by atoms with Crippen LogP contribution in [0.2, 0.25) is 0 Å². The minimum atomic E-state index is 0.311. The molecule has 0 spiro atoms. The smallest absolute Gasteiger partial charge is 0.136 e. The monoisotopic (exact) mass is 192 g/mol. The van der Waals surface area contributed by atoms with Crippen molar-refractivity contribution in [2.45, 2.75) is 46.0 Å². The minimum Gasteiger partial charge on any atom is -0.299 e. The van der Waals surface area contributed by atoms with Crippen LogP contribution in [0.3, 0.4) is 0 Å². The Morgan fingerprint density at radius 2 is 2.21 bits per heavy atom. The third kappa shape index (κ3) is 3.91. The van der Waals surface area contributed by atoms with Crippen molar-refractivity contribution in [3.63, 3.8) is 0 Å². The van der Waals surface area contributed by atoms with E-state index in [0.717, 1.165) is 32.1 Å². The number of Topliss-reactive ketones (excluding diaryl/α,β-unsaturated/α-hetero) is 1. The standard InChI is InChI=1S/C13H20O/c1-11(2)7-6-10-13(14)12-8-4-3-5-9-12/h3-4,7,12H,5-6,8-10H2,1-2H3. The Morgan fingerprint density at radius 1 is 1.43 bits per heavy atom. The van der Waals surface area contributed by atoms with Gasteiger partial charge in [0.1, 0.15) is 5.78 Å². The third-order valence-corrected chi connectivity index (χ3v) is 2.67. The lowest BCUT2D eigenvalue weighted by Crippen LogP contribution is -2.15. The average molecular weight is 192 g/mol. The molecule has 0 aromatic heterocycles. The van der Waals surface area contributed by atoms with E-state index in [-0.39, 0.29) is 0 Å². The van der Waals surface area contributed by atoms with Gasteiger partial charge in [0.2, 0.25) is 0 Å². The lowest BCUT2D eigenvalue weighted by atomic mass is 9.88. The van der Waals surface area contributed by atoms with E-state index < -0.39 is 0 Å². The number of allylic oxidation sites excluding steroid dienone is 4. The van der Waals surface area contributed by atoms with Crippen LogP contribution >= 0.6 is 0 Å². The van der Waals surface area contributed by atoms with Crippen LogP contribution in [-0.2, 0) is 4.79 Å². The maximum absolute atomic E-state index is 11.7. The summed E-state index contributed by atoms with van der Waals surface area (Å²) in [6.07, 6.45) is 11.2. The Labute approximate surface area is 86.9 Å². The van der Waals surface area contributed by atoms with Crippen LogP contribution in [0.25, 0.3) is 0 Å². The summed E-state index contributed by atoms with van der Waals surface area (Å²) in [5, 5.41) is 0. The van der Waals surface area contributed by atoms with Gasteiger partial charge in [0.25, 0.3) is 0 Å². The molecule has 0 N–H and O–H groups in total. The quantitative estimate of drug-likeness (QED) is 0.621. The van der Waals surface area contributed by atoms with Crippen molar-refractivity contribution in [2.24, 2.45) is 5.92 Å². The molecule has 1 nitrogen and oxygen atoms in total. The molecule has 0 aromatic rings. The van der Waals surface area contributed by atoms with Crippen LogP contribution in [0.4, 0.5) is 0 Å². The zero-order valence-corrected chi connectivity index (χ0v) is 9.25. The Balaban J connectivity index is 2.27. The topological polar surface area (TPSA) is 17.1 Å². The second kappa shape index (κ2) is 5.79. The molecule has 0 aliphatic heterocycles. The van der Waals surface area contributed by atoms with Gasteiger partial charge >= 0.3 is 0 Å². The Bertz CT molecular complexity index is 244. The Kier molecular flexibility index (Phi) is 4.64. The van der Waals surface area contributed by atoms with Crippen molar-refractivity contribution in [2.75, 3.05) is 0 Å². The molecule has 1 rings (SSSR count). The molecular formula is C13H20O. The summed E-state index contributed by atoms with van der Waals surface area (Å²) >= 11 is 0. The van der Waals surface area contributed by atoms with Gasteiger partial charge < -0.3 is 0 Å². The van der Waals surface area contributed by atoms with Crippen LogP contribution in [0.5, 0.6) is 0 Å². The fraction of sp³-hybridized carbons (Fsp3) is 0.615. The highest BCUT2D eigenvalue weighted by Gasteiger charge is 2.17. The molecular weight excluding hydrogens is 172 g/mol. The summed E-state index contributed by atoms with van der Waals surface area (Å²) in [6.45, 7) is 4.15. The lowest BCUT2D eigenvalue weighted by Gasteiger charge is -2.15. The summed E-state index contributed by atoms with van der Waals surface area (Å²) in [5.74, 6) is 0.761. The summed E-state index contributed by atoms with van der Waals surface area (Å²) < 4.78 is 0. The van der Waals surface area contributed by atoms with E-state index in [1.807, 2.05) is 0 Å². The summed E-state index contributed by atoms with van der Waals surface area (Å²) in [4.78, 5) is 11.7. The average Bonchev–Trinajstić information content (AvgIpc) is 2.18. The molecule has 0 amide bonds. The molecule has 0 radical (unpaired) electrons. The first kappa shape index (κ1) is 11.2. The molecule has 14 heavy (non-hydrogen) atoms. The number of hydrogen-bond donors (Lipinski definition) is 0. The molecule has 78 valence electrons. The van der Waals surface area contributed by atoms with Gasteiger partial charge in [0.15, 0.2) is 0 Å². The van der Waals surface area contributed by atoms with Gasteiger partial charge in [-0.1, -0.05) is 23.8 Å². The number of ketones is 1. The van der Waals surface area contributed by atoms with E-state index in [4.69, 9.17) is 0 Å². The summed E-state index contributed by atoms with van der Waals surface area (Å²) in [5.41, 5.74) is 1.31.